The maximum absolute atomic E-state index is 13.5. The minimum atomic E-state index is -4.41. The van der Waals surface area contributed by atoms with Crippen LogP contribution in [0.5, 0.6) is 0 Å². The van der Waals surface area contributed by atoms with Crippen LogP contribution in [0.15, 0.2) is 65.7 Å². The van der Waals surface area contributed by atoms with E-state index in [0.717, 1.165) is 29.9 Å². The molecule has 0 saturated heterocycles. The molecule has 1 aliphatic rings. The molecule has 1 aliphatic heterocycles. The zero-order chi connectivity index (χ0) is 23.9. The molecule has 0 unspecified atom stereocenters. The van der Waals surface area contributed by atoms with Gasteiger partial charge < -0.3 is 0 Å². The minimum absolute atomic E-state index is 0.120. The predicted molar refractivity (Wildman–Crippen MR) is 119 cm³/mol. The number of fused-ring (bicyclic) bond motifs is 3. The summed E-state index contributed by atoms with van der Waals surface area (Å²) in [7, 11) is 0. The van der Waals surface area contributed by atoms with E-state index in [0.29, 0.717) is 42.0 Å². The third-order valence-corrected chi connectivity index (χ3v) is 6.14. The fraction of sp³-hybridized carbons (Fsp3) is 0.240. The van der Waals surface area contributed by atoms with E-state index in [4.69, 9.17) is 5.26 Å². The van der Waals surface area contributed by atoms with Crippen LogP contribution >= 0.6 is 0 Å². The van der Waals surface area contributed by atoms with E-state index < -0.39 is 11.7 Å². The lowest BCUT2D eigenvalue weighted by molar-refractivity contribution is -0.137. The molecule has 2 aromatic carbocycles. The molecule has 0 fully saturated rings. The molecule has 0 spiro atoms. The lowest BCUT2D eigenvalue weighted by Crippen LogP contribution is -2.38. The van der Waals surface area contributed by atoms with Gasteiger partial charge >= 0.3 is 6.18 Å². The second-order valence-electron chi connectivity index (χ2n) is 8.38. The molecule has 6 nitrogen and oxygen atoms in total. The third-order valence-electron chi connectivity index (χ3n) is 6.14. The van der Waals surface area contributed by atoms with E-state index in [9.17, 15) is 18.0 Å². The Labute approximate surface area is 193 Å². The van der Waals surface area contributed by atoms with Gasteiger partial charge in [0.05, 0.1) is 29.3 Å². The quantitative estimate of drug-likeness (QED) is 0.459. The number of halogens is 3. The topological polar surface area (TPSA) is 66.3 Å². The Bertz CT molecular complexity index is 1460. The van der Waals surface area contributed by atoms with E-state index in [2.05, 4.69) is 16.0 Å². The van der Waals surface area contributed by atoms with Crippen molar-refractivity contribution < 1.29 is 13.2 Å². The van der Waals surface area contributed by atoms with Crippen molar-refractivity contribution in [1.82, 2.24) is 18.9 Å². The van der Waals surface area contributed by atoms with Gasteiger partial charge in [0, 0.05) is 44.1 Å². The Balaban J connectivity index is 1.47. The normalized spacial score (nSPS) is 14.2. The molecule has 34 heavy (non-hydrogen) atoms. The largest absolute Gasteiger partial charge is 0.416 e. The molecular weight excluding hydrogens is 443 g/mol. The van der Waals surface area contributed by atoms with Gasteiger partial charge in [0.2, 0.25) is 5.78 Å². The average Bonchev–Trinajstić information content (AvgIpc) is 3.31. The van der Waals surface area contributed by atoms with Crippen LogP contribution in [0.2, 0.25) is 0 Å². The van der Waals surface area contributed by atoms with Gasteiger partial charge in [-0.05, 0) is 35.4 Å². The summed E-state index contributed by atoms with van der Waals surface area (Å²) in [6.45, 7) is 1.91. The summed E-state index contributed by atoms with van der Waals surface area (Å²) in [6.07, 6.45) is -0.314. The zero-order valence-electron chi connectivity index (χ0n) is 18.1. The number of benzene rings is 2. The highest BCUT2D eigenvalue weighted by Crippen LogP contribution is 2.29. The fourth-order valence-electron chi connectivity index (χ4n) is 4.48. The average molecular weight is 463 g/mol. The van der Waals surface area contributed by atoms with E-state index in [1.54, 1.807) is 12.3 Å². The smallest absolute Gasteiger partial charge is 0.294 e. The summed E-state index contributed by atoms with van der Waals surface area (Å²) in [6, 6.07) is 14.4. The van der Waals surface area contributed by atoms with Crippen molar-refractivity contribution in [2.24, 2.45) is 0 Å². The highest BCUT2D eigenvalue weighted by molar-refractivity contribution is 5.39. The maximum atomic E-state index is 13.5. The van der Waals surface area contributed by atoms with Crippen LogP contribution in [0, 0.1) is 11.3 Å². The SMILES string of the molecule is N#Cc1cccc(CN2CCc3c(c(=O)n(Cc4ccc(C(F)(F)F)cc4)c4nccn34)C2)c1. The number of aromatic nitrogens is 3. The number of hydrogen-bond acceptors (Lipinski definition) is 4. The van der Waals surface area contributed by atoms with Crippen LogP contribution in [0.1, 0.15) is 33.5 Å². The summed E-state index contributed by atoms with van der Waals surface area (Å²) in [5.74, 6) is 0.471. The summed E-state index contributed by atoms with van der Waals surface area (Å²) in [5, 5.41) is 9.15. The number of alkyl halides is 3. The number of imidazole rings is 1. The van der Waals surface area contributed by atoms with Crippen molar-refractivity contribution in [3.8, 4) is 6.07 Å². The van der Waals surface area contributed by atoms with Crippen molar-refractivity contribution in [2.45, 2.75) is 32.2 Å². The second-order valence-corrected chi connectivity index (χ2v) is 8.38. The Hall–Kier alpha value is -3.90. The molecule has 3 heterocycles. The van der Waals surface area contributed by atoms with Gasteiger partial charge in [-0.25, -0.2) is 4.98 Å². The first-order chi connectivity index (χ1) is 16.3. The number of nitriles is 1. The molecule has 0 saturated carbocycles. The monoisotopic (exact) mass is 463 g/mol. The van der Waals surface area contributed by atoms with Gasteiger partial charge in [-0.1, -0.05) is 24.3 Å². The summed E-state index contributed by atoms with van der Waals surface area (Å²) in [5.41, 5.74) is 2.81. The van der Waals surface area contributed by atoms with E-state index in [1.165, 1.54) is 16.7 Å². The molecule has 0 N–H and O–H groups in total. The van der Waals surface area contributed by atoms with E-state index >= 15 is 0 Å². The Morgan fingerprint density at radius 1 is 1.06 bits per heavy atom. The molecule has 0 atom stereocenters. The van der Waals surface area contributed by atoms with Crippen molar-refractivity contribution in [3.63, 3.8) is 0 Å². The zero-order valence-corrected chi connectivity index (χ0v) is 18.1. The van der Waals surface area contributed by atoms with Crippen molar-refractivity contribution >= 4 is 5.78 Å². The van der Waals surface area contributed by atoms with Gasteiger partial charge in [-0.15, -0.1) is 0 Å². The van der Waals surface area contributed by atoms with E-state index in [1.807, 2.05) is 28.8 Å². The summed E-state index contributed by atoms with van der Waals surface area (Å²) >= 11 is 0. The Kier molecular flexibility index (Phi) is 5.46. The summed E-state index contributed by atoms with van der Waals surface area (Å²) < 4.78 is 42.1. The minimum Gasteiger partial charge on any atom is -0.294 e. The molecule has 172 valence electrons. The predicted octanol–water partition coefficient (Wildman–Crippen LogP) is 3.99. The van der Waals surface area contributed by atoms with Crippen LogP contribution < -0.4 is 5.56 Å². The molecule has 9 heteroatoms. The molecule has 5 rings (SSSR count). The van der Waals surface area contributed by atoms with Gasteiger partial charge in [0.15, 0.2) is 0 Å². The molecule has 0 radical (unpaired) electrons. The first kappa shape index (κ1) is 21.9. The van der Waals surface area contributed by atoms with Gasteiger partial charge in [0.25, 0.3) is 5.56 Å². The summed E-state index contributed by atoms with van der Waals surface area (Å²) in [4.78, 5) is 20.0. The van der Waals surface area contributed by atoms with Crippen LogP contribution in [0.3, 0.4) is 0 Å². The second kappa shape index (κ2) is 8.47. The fourth-order valence-corrected chi connectivity index (χ4v) is 4.48. The van der Waals surface area contributed by atoms with Crippen molar-refractivity contribution in [3.05, 3.63) is 105 Å². The van der Waals surface area contributed by atoms with Crippen LogP contribution in [0.25, 0.3) is 5.78 Å². The van der Waals surface area contributed by atoms with Crippen molar-refractivity contribution in [2.75, 3.05) is 6.54 Å². The molecule has 0 amide bonds. The molecule has 0 aliphatic carbocycles. The molecule has 2 aromatic heterocycles. The lowest BCUT2D eigenvalue weighted by atomic mass is 10.0. The molecule has 0 bridgehead atoms. The van der Waals surface area contributed by atoms with Crippen molar-refractivity contribution in [1.29, 1.82) is 5.26 Å². The highest BCUT2D eigenvalue weighted by Gasteiger charge is 2.30. The first-order valence-electron chi connectivity index (χ1n) is 10.8. The maximum Gasteiger partial charge on any atom is 0.416 e. The van der Waals surface area contributed by atoms with Crippen LogP contribution in [-0.4, -0.2) is 25.4 Å². The number of nitrogens with zero attached hydrogens (tertiary/aromatic N) is 5. The molecule has 4 aromatic rings. The van der Waals surface area contributed by atoms with Crippen LogP contribution in [0.4, 0.5) is 13.2 Å². The van der Waals surface area contributed by atoms with Crippen LogP contribution in [-0.2, 0) is 32.2 Å². The van der Waals surface area contributed by atoms with Gasteiger partial charge in [-0.2, -0.15) is 18.4 Å². The highest BCUT2D eigenvalue weighted by atomic mass is 19.4. The third kappa shape index (κ3) is 4.08. The lowest BCUT2D eigenvalue weighted by Gasteiger charge is -2.29. The Morgan fingerprint density at radius 3 is 2.59 bits per heavy atom. The van der Waals surface area contributed by atoms with Gasteiger partial charge in [0.1, 0.15) is 0 Å². The Morgan fingerprint density at radius 2 is 1.85 bits per heavy atom. The standard InChI is InChI=1S/C25H20F3N5O/c26-25(27,28)20-6-4-17(5-7-20)15-33-23(34)21-16-31(14-19-3-1-2-18(12-19)13-29)10-8-22(21)32-11-9-30-24(32)33/h1-7,9,11-12H,8,10,14-16H2. The number of hydrogen-bond donors (Lipinski definition) is 0. The number of rotatable bonds is 4. The van der Waals surface area contributed by atoms with Gasteiger partial charge in [-0.3, -0.25) is 18.7 Å². The molecular formula is C25H20F3N5O. The van der Waals surface area contributed by atoms with E-state index in [-0.39, 0.29) is 12.1 Å². The first-order valence-corrected chi connectivity index (χ1v) is 10.8.